The Kier molecular flexibility index (Phi) is 7.17. The van der Waals surface area contributed by atoms with Crippen molar-refractivity contribution in [1.29, 1.82) is 0 Å². The molecule has 86 valence electrons. The largest absolute Gasteiger partial charge is 0.399 e. The Labute approximate surface area is 99.5 Å². The number of nitrogens with zero attached hydrogens (tertiary/aromatic N) is 2. The van der Waals surface area contributed by atoms with Gasteiger partial charge in [-0.05, 0) is 6.92 Å². The first kappa shape index (κ1) is 14.3. The van der Waals surface area contributed by atoms with E-state index in [1.807, 2.05) is 0 Å². The maximum absolute atomic E-state index is 11.5. The molecule has 0 saturated carbocycles. The highest BCUT2D eigenvalue weighted by Gasteiger charge is 2.19. The van der Waals surface area contributed by atoms with Crippen LogP contribution in [0.2, 0.25) is 0 Å². The van der Waals surface area contributed by atoms with E-state index in [0.717, 1.165) is 0 Å². The second-order valence-corrected chi connectivity index (χ2v) is 3.91. The quantitative estimate of drug-likeness (QED) is 0.313. The summed E-state index contributed by atoms with van der Waals surface area (Å²) in [6.45, 7) is 5.97. The van der Waals surface area contributed by atoms with Crippen LogP contribution in [0, 0.1) is 0 Å². The lowest BCUT2D eigenvalue weighted by Gasteiger charge is -2.20. The number of carbonyl (C=O) groups excluding carboxylic acids is 1. The van der Waals surface area contributed by atoms with E-state index in [0.29, 0.717) is 18.8 Å². The van der Waals surface area contributed by atoms with Crippen molar-refractivity contribution in [2.45, 2.75) is 11.8 Å². The maximum Gasteiger partial charge on any atom is 0.256 e. The van der Waals surface area contributed by atoms with Gasteiger partial charge in [-0.3, -0.25) is 4.79 Å². The van der Waals surface area contributed by atoms with Crippen LogP contribution in [0.5, 0.6) is 0 Å². The molecule has 0 spiro atoms. The van der Waals surface area contributed by atoms with Crippen LogP contribution >= 0.6 is 23.2 Å². The summed E-state index contributed by atoms with van der Waals surface area (Å²) in [7, 11) is 1.44. The molecule has 0 N–H and O–H groups in total. The van der Waals surface area contributed by atoms with Crippen LogP contribution in [0.25, 0.3) is 0 Å². The SMILES string of the molecule is C=CCN(CC(C)=NOC)C(=O)C(Cl)Cl. The zero-order valence-corrected chi connectivity index (χ0v) is 10.3. The van der Waals surface area contributed by atoms with Gasteiger partial charge in [0.2, 0.25) is 0 Å². The van der Waals surface area contributed by atoms with Crippen LogP contribution < -0.4 is 0 Å². The Morgan fingerprint density at radius 1 is 1.67 bits per heavy atom. The van der Waals surface area contributed by atoms with Crippen LogP contribution in [-0.4, -0.2) is 41.6 Å². The number of hydrogen-bond acceptors (Lipinski definition) is 3. The second kappa shape index (κ2) is 7.54. The van der Waals surface area contributed by atoms with E-state index in [1.165, 1.54) is 12.0 Å². The summed E-state index contributed by atoms with van der Waals surface area (Å²) in [5, 5.41) is 3.69. The molecular formula is C9H14Cl2N2O2. The van der Waals surface area contributed by atoms with Gasteiger partial charge in [0, 0.05) is 6.54 Å². The van der Waals surface area contributed by atoms with Crippen LogP contribution in [-0.2, 0) is 9.63 Å². The molecule has 0 bridgehead atoms. The number of rotatable bonds is 6. The molecule has 4 nitrogen and oxygen atoms in total. The molecule has 0 aromatic rings. The lowest BCUT2D eigenvalue weighted by atomic mass is 10.3. The van der Waals surface area contributed by atoms with E-state index in [1.54, 1.807) is 13.0 Å². The minimum absolute atomic E-state index is 0.314. The molecule has 0 atom stereocenters. The van der Waals surface area contributed by atoms with Crippen molar-refractivity contribution in [3.8, 4) is 0 Å². The molecule has 0 radical (unpaired) electrons. The Morgan fingerprint density at radius 3 is 2.67 bits per heavy atom. The molecule has 0 aromatic carbocycles. The Hall–Kier alpha value is -0.740. The van der Waals surface area contributed by atoms with E-state index < -0.39 is 4.84 Å². The number of hydrogen-bond donors (Lipinski definition) is 0. The molecule has 0 fully saturated rings. The number of oxime groups is 1. The fraction of sp³-hybridized carbons (Fsp3) is 0.556. The summed E-state index contributed by atoms with van der Waals surface area (Å²) >= 11 is 11.0. The standard InChI is InChI=1S/C9H14Cl2N2O2/c1-4-5-13(9(14)8(10)11)6-7(2)12-15-3/h4,8H,1,5-6H2,2-3H3. The minimum atomic E-state index is -1.07. The van der Waals surface area contributed by atoms with Gasteiger partial charge in [-0.2, -0.15) is 0 Å². The Bertz CT molecular complexity index is 254. The maximum atomic E-state index is 11.5. The van der Waals surface area contributed by atoms with Gasteiger partial charge in [0.1, 0.15) is 7.11 Å². The van der Waals surface area contributed by atoms with Crippen molar-refractivity contribution in [2.24, 2.45) is 5.16 Å². The number of amides is 1. The predicted molar refractivity (Wildman–Crippen MR) is 62.4 cm³/mol. The topological polar surface area (TPSA) is 41.9 Å². The third-order valence-corrected chi connectivity index (χ3v) is 1.89. The van der Waals surface area contributed by atoms with Crippen LogP contribution in [0.3, 0.4) is 0 Å². The van der Waals surface area contributed by atoms with E-state index in [4.69, 9.17) is 23.2 Å². The summed E-state index contributed by atoms with van der Waals surface area (Å²) < 4.78 is 0. The highest BCUT2D eigenvalue weighted by atomic mass is 35.5. The van der Waals surface area contributed by atoms with E-state index in [-0.39, 0.29) is 5.91 Å². The first-order chi connectivity index (χ1) is 7.02. The second-order valence-electron chi connectivity index (χ2n) is 2.82. The van der Waals surface area contributed by atoms with Crippen molar-refractivity contribution in [1.82, 2.24) is 4.90 Å². The highest BCUT2D eigenvalue weighted by Crippen LogP contribution is 2.07. The first-order valence-electron chi connectivity index (χ1n) is 4.27. The van der Waals surface area contributed by atoms with Crippen molar-refractivity contribution >= 4 is 34.8 Å². The van der Waals surface area contributed by atoms with E-state index in [2.05, 4.69) is 16.6 Å². The summed E-state index contributed by atoms with van der Waals surface area (Å²) in [5.41, 5.74) is 0.654. The molecular weight excluding hydrogens is 239 g/mol. The first-order valence-corrected chi connectivity index (χ1v) is 5.14. The highest BCUT2D eigenvalue weighted by molar-refractivity contribution is 6.53. The van der Waals surface area contributed by atoms with Gasteiger partial charge in [-0.25, -0.2) is 0 Å². The summed E-state index contributed by atoms with van der Waals surface area (Å²) in [5.74, 6) is -0.371. The molecule has 0 aliphatic heterocycles. The van der Waals surface area contributed by atoms with Gasteiger partial charge in [-0.1, -0.05) is 34.4 Å². The smallest absolute Gasteiger partial charge is 0.256 e. The van der Waals surface area contributed by atoms with Gasteiger partial charge in [0.05, 0.1) is 12.3 Å². The zero-order chi connectivity index (χ0) is 11.8. The third kappa shape index (κ3) is 5.64. The van der Waals surface area contributed by atoms with Gasteiger partial charge < -0.3 is 9.74 Å². The van der Waals surface area contributed by atoms with Crippen LogP contribution in [0.1, 0.15) is 6.92 Å². The number of halogens is 2. The number of alkyl halides is 2. The normalized spacial score (nSPS) is 11.4. The van der Waals surface area contributed by atoms with Gasteiger partial charge >= 0.3 is 0 Å². The average molecular weight is 253 g/mol. The van der Waals surface area contributed by atoms with Crippen molar-refractivity contribution in [2.75, 3.05) is 20.2 Å². The molecule has 0 rings (SSSR count). The van der Waals surface area contributed by atoms with Crippen LogP contribution in [0.4, 0.5) is 0 Å². The Balaban J connectivity index is 4.46. The summed E-state index contributed by atoms with van der Waals surface area (Å²) in [4.78, 5) is 16.4. The minimum Gasteiger partial charge on any atom is -0.399 e. The van der Waals surface area contributed by atoms with Crippen molar-refractivity contribution in [3.05, 3.63) is 12.7 Å². The van der Waals surface area contributed by atoms with Gasteiger partial charge in [-0.15, -0.1) is 6.58 Å². The molecule has 15 heavy (non-hydrogen) atoms. The number of carbonyl (C=O) groups is 1. The monoisotopic (exact) mass is 252 g/mol. The summed E-state index contributed by atoms with van der Waals surface area (Å²) in [6, 6.07) is 0. The molecule has 0 aliphatic carbocycles. The lowest BCUT2D eigenvalue weighted by Crippen LogP contribution is -2.38. The van der Waals surface area contributed by atoms with Crippen molar-refractivity contribution in [3.63, 3.8) is 0 Å². The van der Waals surface area contributed by atoms with E-state index in [9.17, 15) is 4.79 Å². The Morgan fingerprint density at radius 2 is 2.27 bits per heavy atom. The lowest BCUT2D eigenvalue weighted by molar-refractivity contribution is -0.128. The van der Waals surface area contributed by atoms with Gasteiger partial charge in [0.25, 0.3) is 5.91 Å². The fourth-order valence-corrected chi connectivity index (χ4v) is 1.26. The zero-order valence-electron chi connectivity index (χ0n) is 8.74. The summed E-state index contributed by atoms with van der Waals surface area (Å²) in [6.07, 6.45) is 1.59. The van der Waals surface area contributed by atoms with Gasteiger partial charge in [0.15, 0.2) is 4.84 Å². The molecule has 0 saturated heterocycles. The predicted octanol–water partition coefficient (Wildman–Crippen LogP) is 1.83. The van der Waals surface area contributed by atoms with E-state index >= 15 is 0 Å². The van der Waals surface area contributed by atoms with Crippen LogP contribution in [0.15, 0.2) is 17.8 Å². The third-order valence-electron chi connectivity index (χ3n) is 1.51. The van der Waals surface area contributed by atoms with Crippen molar-refractivity contribution < 1.29 is 9.63 Å². The molecule has 0 aliphatic rings. The molecule has 0 aromatic heterocycles. The fourth-order valence-electron chi connectivity index (χ4n) is 0.987. The molecule has 0 heterocycles. The molecule has 6 heteroatoms. The molecule has 0 unspecified atom stereocenters. The molecule has 1 amide bonds. The average Bonchev–Trinajstić information content (AvgIpc) is 2.16.